The van der Waals surface area contributed by atoms with E-state index in [-0.39, 0.29) is 0 Å². The van der Waals surface area contributed by atoms with Crippen LogP contribution in [0.5, 0.6) is 0 Å². The van der Waals surface area contributed by atoms with Gasteiger partial charge in [-0.3, -0.25) is 0 Å². The van der Waals surface area contributed by atoms with E-state index in [0.717, 1.165) is 6.08 Å². The molecular formula is C8H10O5. The van der Waals surface area contributed by atoms with Gasteiger partial charge in [-0.1, -0.05) is 6.08 Å². The van der Waals surface area contributed by atoms with Crippen LogP contribution in [0.2, 0.25) is 0 Å². The number of carbonyl (C=O) groups excluding carboxylic acids is 1. The third-order valence-corrected chi connectivity index (χ3v) is 0.943. The van der Waals surface area contributed by atoms with Crippen LogP contribution in [0.25, 0.3) is 0 Å². The Balaban J connectivity index is 0.000000226. The molecule has 1 aliphatic rings. The Morgan fingerprint density at radius 3 is 2.38 bits per heavy atom. The van der Waals surface area contributed by atoms with Crippen molar-refractivity contribution in [1.82, 2.24) is 0 Å². The highest BCUT2D eigenvalue weighted by Crippen LogP contribution is 1.98. The zero-order valence-corrected chi connectivity index (χ0v) is 7.01. The van der Waals surface area contributed by atoms with Crippen LogP contribution >= 0.6 is 0 Å². The van der Waals surface area contributed by atoms with Crippen molar-refractivity contribution < 1.29 is 24.5 Å². The summed E-state index contributed by atoms with van der Waals surface area (Å²) in [6.07, 6.45) is 4.02. The van der Waals surface area contributed by atoms with Crippen LogP contribution in [0.1, 0.15) is 6.92 Å². The van der Waals surface area contributed by atoms with Crippen LogP contribution in [0.15, 0.2) is 24.3 Å². The van der Waals surface area contributed by atoms with Crippen molar-refractivity contribution in [3.8, 4) is 0 Å². The molecule has 0 saturated carbocycles. The fourth-order valence-corrected chi connectivity index (χ4v) is 0.501. The minimum Gasteiger partial charge on any atom is -0.478 e. The number of carboxylic acid groups (broad SMARTS) is 1. The topological polar surface area (TPSA) is 83.8 Å². The monoisotopic (exact) mass is 186 g/mol. The number of carboxylic acids is 1. The Bertz CT molecular complexity index is 241. The Labute approximate surface area is 74.9 Å². The average Bonchev–Trinajstić information content (AvgIpc) is 2.35. The van der Waals surface area contributed by atoms with Gasteiger partial charge < -0.3 is 14.9 Å². The normalized spacial score (nSPS) is 19.5. The molecule has 1 atom stereocenters. The number of aliphatic hydroxyl groups is 1. The second-order valence-electron chi connectivity index (χ2n) is 2.02. The molecule has 5 nitrogen and oxygen atoms in total. The van der Waals surface area contributed by atoms with E-state index in [0.29, 0.717) is 0 Å². The third kappa shape index (κ3) is 6.77. The maximum atomic E-state index is 9.98. The number of hydrogen-bond donors (Lipinski definition) is 2. The fourth-order valence-electron chi connectivity index (χ4n) is 0.501. The molecule has 0 aliphatic carbocycles. The lowest BCUT2D eigenvalue weighted by atomic mass is 10.5. The molecule has 0 amide bonds. The van der Waals surface area contributed by atoms with Gasteiger partial charge in [0.25, 0.3) is 0 Å². The van der Waals surface area contributed by atoms with E-state index in [1.165, 1.54) is 18.2 Å². The minimum absolute atomic E-state index is 0.479. The average molecular weight is 186 g/mol. The highest BCUT2D eigenvalue weighted by atomic mass is 16.6. The van der Waals surface area contributed by atoms with E-state index >= 15 is 0 Å². The van der Waals surface area contributed by atoms with Crippen molar-refractivity contribution in [2.24, 2.45) is 0 Å². The van der Waals surface area contributed by atoms with Crippen molar-refractivity contribution in [2.45, 2.75) is 13.2 Å². The van der Waals surface area contributed by atoms with Crippen molar-refractivity contribution in [3.63, 3.8) is 0 Å². The lowest BCUT2D eigenvalue weighted by molar-refractivity contribution is -0.150. The second-order valence-corrected chi connectivity index (χ2v) is 2.02. The molecule has 0 spiro atoms. The number of carbonyl (C=O) groups is 2. The van der Waals surface area contributed by atoms with Crippen LogP contribution in [-0.4, -0.2) is 28.4 Å². The Kier molecular flexibility index (Phi) is 5.22. The van der Waals surface area contributed by atoms with Crippen molar-refractivity contribution >= 4 is 11.9 Å². The first-order valence-corrected chi connectivity index (χ1v) is 3.48. The Hall–Kier alpha value is -1.62. The molecule has 2 N–H and O–H groups in total. The zero-order chi connectivity index (χ0) is 10.3. The van der Waals surface area contributed by atoms with Crippen molar-refractivity contribution in [1.29, 1.82) is 0 Å². The molecule has 0 saturated heterocycles. The molecular weight excluding hydrogens is 176 g/mol. The maximum Gasteiger partial charge on any atom is 0.333 e. The summed E-state index contributed by atoms with van der Waals surface area (Å²) >= 11 is 0. The molecule has 0 bridgehead atoms. The van der Waals surface area contributed by atoms with E-state index in [1.807, 2.05) is 0 Å². The van der Waals surface area contributed by atoms with Gasteiger partial charge in [0.15, 0.2) is 0 Å². The molecule has 1 heterocycles. The summed E-state index contributed by atoms with van der Waals surface area (Å²) in [6, 6.07) is 0. The van der Waals surface area contributed by atoms with E-state index in [9.17, 15) is 9.59 Å². The predicted octanol–water partition coefficient (Wildman–Crippen LogP) is 0.0649. The number of allylic oxidation sites excluding steroid dienone is 1. The van der Waals surface area contributed by atoms with E-state index in [4.69, 9.17) is 10.2 Å². The predicted molar refractivity (Wildman–Crippen MR) is 43.7 cm³/mol. The lowest BCUT2D eigenvalue weighted by Gasteiger charge is -1.94. The minimum atomic E-state index is -1.01. The number of hydrogen-bond acceptors (Lipinski definition) is 4. The molecule has 1 unspecified atom stereocenters. The van der Waals surface area contributed by atoms with Crippen LogP contribution in [-0.2, 0) is 14.3 Å². The number of cyclic esters (lactones) is 1. The first-order chi connectivity index (χ1) is 6.06. The van der Waals surface area contributed by atoms with E-state index < -0.39 is 18.2 Å². The van der Waals surface area contributed by atoms with Gasteiger partial charge in [0.05, 0.1) is 0 Å². The summed E-state index contributed by atoms with van der Waals surface area (Å²) in [4.78, 5) is 19.5. The molecule has 13 heavy (non-hydrogen) atoms. The van der Waals surface area contributed by atoms with Gasteiger partial charge in [-0.15, -0.1) is 0 Å². The van der Waals surface area contributed by atoms with Gasteiger partial charge >= 0.3 is 11.9 Å². The van der Waals surface area contributed by atoms with Crippen LogP contribution < -0.4 is 0 Å². The third-order valence-electron chi connectivity index (χ3n) is 0.943. The SMILES string of the molecule is CC=CC(=O)O.O=C1C=CC(O)O1. The van der Waals surface area contributed by atoms with Gasteiger partial charge in [-0.2, -0.15) is 0 Å². The Morgan fingerprint density at radius 2 is 2.31 bits per heavy atom. The molecule has 0 fully saturated rings. The van der Waals surface area contributed by atoms with Crippen molar-refractivity contribution in [3.05, 3.63) is 24.3 Å². The molecule has 5 heteroatoms. The Morgan fingerprint density at radius 1 is 1.69 bits per heavy atom. The highest BCUT2D eigenvalue weighted by molar-refractivity contribution is 5.84. The summed E-state index contributed by atoms with van der Waals surface area (Å²) in [5.41, 5.74) is 0. The van der Waals surface area contributed by atoms with E-state index in [2.05, 4.69) is 4.74 Å². The number of ether oxygens (including phenoxy) is 1. The van der Waals surface area contributed by atoms with E-state index in [1.54, 1.807) is 6.92 Å². The summed E-state index contributed by atoms with van der Waals surface area (Å²) in [7, 11) is 0. The maximum absolute atomic E-state index is 9.98. The zero-order valence-electron chi connectivity index (χ0n) is 7.01. The molecule has 1 rings (SSSR count). The van der Waals surface area contributed by atoms with Crippen LogP contribution in [0.4, 0.5) is 0 Å². The number of aliphatic hydroxyl groups excluding tert-OH is 1. The van der Waals surface area contributed by atoms with Gasteiger partial charge in [0.2, 0.25) is 6.29 Å². The first-order valence-electron chi connectivity index (χ1n) is 3.48. The summed E-state index contributed by atoms with van der Waals surface area (Å²) in [5, 5.41) is 16.2. The smallest absolute Gasteiger partial charge is 0.333 e. The standard InChI is InChI=1S/C4H4O3.C4H6O2/c5-3-1-2-4(6)7-3;1-2-3-4(5)6/h1-3,5H;2-3H,1H3,(H,5,6). The molecule has 1 aliphatic heterocycles. The first kappa shape index (κ1) is 11.4. The molecule has 72 valence electrons. The van der Waals surface area contributed by atoms with Crippen LogP contribution in [0.3, 0.4) is 0 Å². The van der Waals surface area contributed by atoms with Gasteiger partial charge in [0, 0.05) is 12.2 Å². The number of esters is 1. The largest absolute Gasteiger partial charge is 0.478 e. The second kappa shape index (κ2) is 5.96. The summed E-state index contributed by atoms with van der Waals surface area (Å²) in [5.74, 6) is -1.37. The summed E-state index contributed by atoms with van der Waals surface area (Å²) < 4.78 is 4.17. The van der Waals surface area contributed by atoms with Gasteiger partial charge in [-0.25, -0.2) is 9.59 Å². The van der Waals surface area contributed by atoms with Gasteiger partial charge in [0.1, 0.15) is 0 Å². The van der Waals surface area contributed by atoms with Gasteiger partial charge in [-0.05, 0) is 13.0 Å². The lowest BCUT2D eigenvalue weighted by Crippen LogP contribution is -2.04. The number of aliphatic carboxylic acids is 1. The fraction of sp³-hybridized carbons (Fsp3) is 0.250. The number of rotatable bonds is 1. The summed E-state index contributed by atoms with van der Waals surface area (Å²) in [6.45, 7) is 1.66. The molecule has 0 radical (unpaired) electrons. The molecule has 0 aromatic carbocycles. The molecule has 0 aromatic heterocycles. The quantitative estimate of drug-likeness (QED) is 0.447. The van der Waals surface area contributed by atoms with Crippen molar-refractivity contribution in [2.75, 3.05) is 0 Å². The molecule has 0 aromatic rings. The van der Waals surface area contributed by atoms with Crippen LogP contribution in [0, 0.1) is 0 Å². The highest BCUT2D eigenvalue weighted by Gasteiger charge is 2.10.